The first-order valence-corrected chi connectivity index (χ1v) is 8.42. The topological polar surface area (TPSA) is 74.6 Å². The molecule has 128 valence electrons. The summed E-state index contributed by atoms with van der Waals surface area (Å²) in [4.78, 5) is 23.0. The molecule has 4 nitrogen and oxygen atoms in total. The van der Waals surface area contributed by atoms with Gasteiger partial charge in [0, 0.05) is 0 Å². The molecule has 0 rings (SSSR count). The third-order valence-electron chi connectivity index (χ3n) is 4.34. The lowest BCUT2D eigenvalue weighted by Crippen LogP contribution is -2.29. The molecule has 0 saturated heterocycles. The second kappa shape index (κ2) is 9.65. The van der Waals surface area contributed by atoms with E-state index in [9.17, 15) is 19.8 Å². The Morgan fingerprint density at radius 2 is 1.36 bits per heavy atom. The molecule has 0 spiro atoms. The Balaban J connectivity index is 5.89. The number of carboxylic acids is 2. The first-order chi connectivity index (χ1) is 10.2. The maximum Gasteiger partial charge on any atom is 0.343 e. The average molecular weight is 312 g/mol. The molecule has 1 atom stereocenters. The van der Waals surface area contributed by atoms with Crippen molar-refractivity contribution < 1.29 is 19.8 Å². The van der Waals surface area contributed by atoms with Crippen molar-refractivity contribution in [2.75, 3.05) is 0 Å². The van der Waals surface area contributed by atoms with Gasteiger partial charge in [-0.15, -0.1) is 0 Å². The molecule has 0 saturated carbocycles. The number of rotatable bonds is 11. The number of unbranched alkanes of at least 4 members (excludes halogenated alkanes) is 3. The van der Waals surface area contributed by atoms with Gasteiger partial charge in [-0.05, 0) is 29.7 Å². The Kier molecular flexibility index (Phi) is 9.07. The summed E-state index contributed by atoms with van der Waals surface area (Å²) in [5, 5.41) is 18.8. The zero-order valence-corrected chi connectivity index (χ0v) is 14.7. The summed E-state index contributed by atoms with van der Waals surface area (Å²) in [6.45, 7) is 10.1. The Morgan fingerprint density at radius 3 is 1.73 bits per heavy atom. The Hall–Kier alpha value is -1.32. The van der Waals surface area contributed by atoms with Gasteiger partial charge in [-0.1, -0.05) is 66.7 Å². The summed E-state index contributed by atoms with van der Waals surface area (Å²) in [7, 11) is 0. The van der Waals surface area contributed by atoms with Gasteiger partial charge in [0.25, 0.3) is 0 Å². The molecule has 0 fully saturated rings. The van der Waals surface area contributed by atoms with Crippen LogP contribution in [-0.2, 0) is 9.59 Å². The van der Waals surface area contributed by atoms with Crippen molar-refractivity contribution in [3.05, 3.63) is 11.1 Å². The predicted octanol–water partition coefficient (Wildman–Crippen LogP) is 4.89. The predicted molar refractivity (Wildman–Crippen MR) is 88.9 cm³/mol. The molecule has 0 heterocycles. The van der Waals surface area contributed by atoms with E-state index in [4.69, 9.17) is 0 Å². The van der Waals surface area contributed by atoms with E-state index >= 15 is 0 Å². The van der Waals surface area contributed by atoms with E-state index in [2.05, 4.69) is 13.8 Å². The Morgan fingerprint density at radius 1 is 0.909 bits per heavy atom. The molecule has 0 aromatic rings. The number of hydrogen-bond donors (Lipinski definition) is 2. The van der Waals surface area contributed by atoms with Gasteiger partial charge in [0.05, 0.1) is 0 Å². The van der Waals surface area contributed by atoms with E-state index < -0.39 is 17.5 Å². The fraction of sp³-hybridized carbons (Fsp3) is 0.778. The van der Waals surface area contributed by atoms with Crippen molar-refractivity contribution in [1.29, 1.82) is 0 Å². The van der Waals surface area contributed by atoms with E-state index in [0.29, 0.717) is 5.57 Å². The molecule has 0 aliphatic heterocycles. The molecule has 0 amide bonds. The molecular weight excluding hydrogens is 280 g/mol. The van der Waals surface area contributed by atoms with Gasteiger partial charge < -0.3 is 10.2 Å². The van der Waals surface area contributed by atoms with Crippen molar-refractivity contribution >= 4 is 11.9 Å². The quantitative estimate of drug-likeness (QED) is 0.247. The fourth-order valence-electron chi connectivity index (χ4n) is 3.34. The van der Waals surface area contributed by atoms with Crippen LogP contribution < -0.4 is 0 Å². The van der Waals surface area contributed by atoms with E-state index in [-0.39, 0.29) is 11.3 Å². The van der Waals surface area contributed by atoms with Crippen molar-refractivity contribution in [3.63, 3.8) is 0 Å². The number of aliphatic carboxylic acids is 2. The third kappa shape index (κ3) is 5.82. The lowest BCUT2D eigenvalue weighted by molar-refractivity contribution is -0.140. The zero-order chi connectivity index (χ0) is 17.3. The highest BCUT2D eigenvalue weighted by Crippen LogP contribution is 2.43. The molecule has 22 heavy (non-hydrogen) atoms. The van der Waals surface area contributed by atoms with Crippen LogP contribution in [0.3, 0.4) is 0 Å². The number of allylic oxidation sites excluding steroid dienone is 1. The van der Waals surface area contributed by atoms with E-state index in [0.717, 1.165) is 44.9 Å². The van der Waals surface area contributed by atoms with Gasteiger partial charge in [-0.25, -0.2) is 9.59 Å². The van der Waals surface area contributed by atoms with E-state index in [1.165, 1.54) is 0 Å². The number of hydrogen-bond acceptors (Lipinski definition) is 2. The minimum atomic E-state index is -1.32. The second-order valence-corrected chi connectivity index (χ2v) is 6.68. The second-order valence-electron chi connectivity index (χ2n) is 6.68. The van der Waals surface area contributed by atoms with Crippen LogP contribution in [0.5, 0.6) is 0 Å². The molecular formula is C18H32O4. The molecule has 0 bridgehead atoms. The van der Waals surface area contributed by atoms with Crippen molar-refractivity contribution in [2.24, 2.45) is 11.3 Å². The summed E-state index contributed by atoms with van der Waals surface area (Å²) in [5.74, 6) is -2.74. The van der Waals surface area contributed by atoms with Crippen molar-refractivity contribution in [2.45, 2.75) is 79.6 Å². The zero-order valence-electron chi connectivity index (χ0n) is 14.7. The number of carboxylic acid groups (broad SMARTS) is 2. The van der Waals surface area contributed by atoms with Crippen LogP contribution in [0.25, 0.3) is 0 Å². The van der Waals surface area contributed by atoms with Crippen LogP contribution >= 0.6 is 0 Å². The molecule has 0 aromatic carbocycles. The lowest BCUT2D eigenvalue weighted by Gasteiger charge is -2.36. The van der Waals surface area contributed by atoms with Crippen LogP contribution in [0.4, 0.5) is 0 Å². The highest BCUT2D eigenvalue weighted by atomic mass is 16.4. The first-order valence-electron chi connectivity index (χ1n) is 8.42. The highest BCUT2D eigenvalue weighted by molar-refractivity contribution is 6.13. The monoisotopic (exact) mass is 312 g/mol. The molecule has 0 radical (unpaired) electrons. The van der Waals surface area contributed by atoms with E-state index in [1.54, 1.807) is 0 Å². The van der Waals surface area contributed by atoms with Crippen LogP contribution in [0.15, 0.2) is 11.1 Å². The minimum absolute atomic E-state index is 0.0920. The normalized spacial score (nSPS) is 13.7. The van der Waals surface area contributed by atoms with Crippen LogP contribution in [-0.4, -0.2) is 22.2 Å². The Bertz CT molecular complexity index is 393. The fourth-order valence-corrected chi connectivity index (χ4v) is 3.34. The minimum Gasteiger partial charge on any atom is -0.477 e. The van der Waals surface area contributed by atoms with Gasteiger partial charge in [0.1, 0.15) is 5.57 Å². The molecule has 0 aliphatic carbocycles. The smallest absolute Gasteiger partial charge is 0.343 e. The maximum absolute atomic E-state index is 11.5. The summed E-state index contributed by atoms with van der Waals surface area (Å²) in [6.07, 6.45) is 6.86. The third-order valence-corrected chi connectivity index (χ3v) is 4.34. The van der Waals surface area contributed by atoms with Crippen LogP contribution in [0.2, 0.25) is 0 Å². The Labute approximate surface area is 134 Å². The van der Waals surface area contributed by atoms with Crippen LogP contribution in [0.1, 0.15) is 79.6 Å². The standard InChI is InChI=1S/C18H32O4/c1-6-8-10-12-18(5,11-9-7-2)15(13(3)4)14(16(19)20)17(21)22/h13H,6-12H2,1-5H3,(H,19,20)(H,21,22). The van der Waals surface area contributed by atoms with E-state index in [1.807, 2.05) is 20.8 Å². The van der Waals surface area contributed by atoms with Crippen molar-refractivity contribution in [3.8, 4) is 0 Å². The largest absolute Gasteiger partial charge is 0.477 e. The first kappa shape index (κ1) is 20.7. The summed E-state index contributed by atoms with van der Waals surface area (Å²) >= 11 is 0. The van der Waals surface area contributed by atoms with Crippen molar-refractivity contribution in [1.82, 2.24) is 0 Å². The molecule has 4 heteroatoms. The van der Waals surface area contributed by atoms with Gasteiger partial charge in [-0.3, -0.25) is 0 Å². The SMILES string of the molecule is CCCCCC(C)(CCCC)C(=C(C(=O)O)C(=O)O)C(C)C. The van der Waals surface area contributed by atoms with Gasteiger partial charge in [0.2, 0.25) is 0 Å². The summed E-state index contributed by atoms with van der Waals surface area (Å²) in [6, 6.07) is 0. The molecule has 1 unspecified atom stereocenters. The lowest BCUT2D eigenvalue weighted by atomic mass is 9.68. The summed E-state index contributed by atoms with van der Waals surface area (Å²) < 4.78 is 0. The molecule has 2 N–H and O–H groups in total. The van der Waals surface area contributed by atoms with Gasteiger partial charge in [-0.2, -0.15) is 0 Å². The summed E-state index contributed by atoms with van der Waals surface area (Å²) in [5.41, 5.74) is -0.187. The van der Waals surface area contributed by atoms with Gasteiger partial charge in [0.15, 0.2) is 0 Å². The van der Waals surface area contributed by atoms with Gasteiger partial charge >= 0.3 is 11.9 Å². The average Bonchev–Trinajstić information content (AvgIpc) is 2.41. The van der Waals surface area contributed by atoms with Crippen LogP contribution in [0, 0.1) is 11.3 Å². The molecule has 0 aromatic heterocycles. The molecule has 0 aliphatic rings. The maximum atomic E-state index is 11.5. The highest BCUT2D eigenvalue weighted by Gasteiger charge is 2.36. The number of carbonyl (C=O) groups is 2.